The normalized spacial score (nSPS) is 21.7. The lowest BCUT2D eigenvalue weighted by atomic mass is 9.78. The third kappa shape index (κ3) is 7.45. The van der Waals surface area contributed by atoms with Crippen molar-refractivity contribution < 1.29 is 18.3 Å². The summed E-state index contributed by atoms with van der Waals surface area (Å²) in [5, 5.41) is 4.99. The zero-order chi connectivity index (χ0) is 23.4. The molecule has 1 fully saturated rings. The van der Waals surface area contributed by atoms with Crippen LogP contribution in [0.15, 0.2) is 12.4 Å². The third-order valence-electron chi connectivity index (χ3n) is 6.51. The van der Waals surface area contributed by atoms with Crippen LogP contribution >= 0.6 is 22.9 Å². The molecule has 3 heterocycles. The number of carbonyl (C=O) groups is 1. The average Bonchev–Trinajstić information content (AvgIpc) is 3.36. The first-order chi connectivity index (χ1) is 15.7. The quantitative estimate of drug-likeness (QED) is 0.446. The molecule has 0 spiro atoms. The Labute approximate surface area is 202 Å². The molecule has 0 saturated heterocycles. The third-order valence-corrected chi connectivity index (χ3v) is 7.78. The lowest BCUT2D eigenvalue weighted by molar-refractivity contribution is -0.121. The molecule has 10 heteroatoms. The van der Waals surface area contributed by atoms with Crippen LogP contribution in [0.25, 0.3) is 0 Å². The van der Waals surface area contributed by atoms with Gasteiger partial charge < -0.3 is 4.74 Å². The predicted molar refractivity (Wildman–Crippen MR) is 124 cm³/mol. The molecule has 182 valence electrons. The molecule has 0 unspecified atom stereocenters. The first kappa shape index (κ1) is 24.5. The summed E-state index contributed by atoms with van der Waals surface area (Å²) in [5.74, 6) is -1.46. The van der Waals surface area contributed by atoms with Crippen LogP contribution in [-0.4, -0.2) is 51.1 Å². The van der Waals surface area contributed by atoms with E-state index in [-0.39, 0.29) is 5.78 Å². The molecule has 0 bridgehead atoms. The summed E-state index contributed by atoms with van der Waals surface area (Å²) in [5.41, 5.74) is 0.973. The topological polar surface area (TPSA) is 60.2 Å². The Bertz CT molecular complexity index is 937. The molecule has 0 amide bonds. The largest absolute Gasteiger partial charge is 0.464 e. The molecule has 2 aliphatic rings. The molecule has 33 heavy (non-hydrogen) atoms. The fraction of sp³-hybridized carbons (Fsp3) is 0.696. The summed E-state index contributed by atoms with van der Waals surface area (Å²) in [7, 11) is 0. The second kappa shape index (κ2) is 10.8. The van der Waals surface area contributed by atoms with E-state index in [1.54, 1.807) is 17.1 Å². The molecule has 1 aliphatic carbocycles. The van der Waals surface area contributed by atoms with Crippen molar-refractivity contribution in [2.24, 2.45) is 11.8 Å². The van der Waals surface area contributed by atoms with E-state index < -0.39 is 12.5 Å². The molecule has 2 aromatic heterocycles. The number of fused-ring (bicyclic) bond motifs is 1. The van der Waals surface area contributed by atoms with Crippen molar-refractivity contribution in [1.82, 2.24) is 19.7 Å². The number of carbonyl (C=O) groups excluding carboxylic acids is 1. The van der Waals surface area contributed by atoms with E-state index in [1.165, 1.54) is 24.2 Å². The van der Waals surface area contributed by atoms with Crippen LogP contribution in [0.2, 0.25) is 5.02 Å². The Kier molecular flexibility index (Phi) is 8.02. The number of Topliss-reactive ketones (excluding diaryl/α,β-unsaturated/α-hetero) is 1. The van der Waals surface area contributed by atoms with E-state index >= 15 is 0 Å². The van der Waals surface area contributed by atoms with E-state index in [0.717, 1.165) is 62.8 Å². The maximum atomic E-state index is 13.0. The maximum Gasteiger partial charge on any atom is 0.278 e. The standard InChI is InChI=1S/C23H31ClF2N4O2S/c1-23(25,26)15-32-22-28-20-14-29(9-7-21(20)33-22)8-6-16-2-4-17(5-3-16)10-19(31)13-30-12-18(24)11-27-30/h11-12,16-17H,2-10,13-15H2,1H3. The number of hydrogen-bond acceptors (Lipinski definition) is 6. The summed E-state index contributed by atoms with van der Waals surface area (Å²) in [6, 6.07) is 0. The van der Waals surface area contributed by atoms with Crippen LogP contribution in [0.1, 0.15) is 56.0 Å². The lowest BCUT2D eigenvalue weighted by Crippen LogP contribution is -2.32. The number of halogens is 3. The predicted octanol–water partition coefficient (Wildman–Crippen LogP) is 5.24. The molecular weight excluding hydrogens is 470 g/mol. The number of nitrogens with zero attached hydrogens (tertiary/aromatic N) is 4. The first-order valence-electron chi connectivity index (χ1n) is 11.6. The zero-order valence-electron chi connectivity index (χ0n) is 18.9. The number of hydrogen-bond donors (Lipinski definition) is 0. The Morgan fingerprint density at radius 1 is 1.30 bits per heavy atom. The van der Waals surface area contributed by atoms with Gasteiger partial charge >= 0.3 is 0 Å². The number of rotatable bonds is 10. The fourth-order valence-corrected chi connectivity index (χ4v) is 5.81. The van der Waals surface area contributed by atoms with Gasteiger partial charge in [-0.3, -0.25) is 14.4 Å². The summed E-state index contributed by atoms with van der Waals surface area (Å²) in [4.78, 5) is 20.3. The second-order valence-corrected chi connectivity index (χ2v) is 11.0. The molecule has 0 atom stereocenters. The molecule has 4 rings (SSSR count). The number of aromatic nitrogens is 3. The fourth-order valence-electron chi connectivity index (χ4n) is 4.75. The van der Waals surface area contributed by atoms with Gasteiger partial charge in [-0.2, -0.15) is 5.10 Å². The lowest BCUT2D eigenvalue weighted by Gasteiger charge is -2.31. The van der Waals surface area contributed by atoms with Gasteiger partial charge in [-0.05, 0) is 44.1 Å². The SMILES string of the molecule is CC(F)(F)COc1nc2c(s1)CCN(CCC1CCC(CC(=O)Cn3cc(Cl)cn3)CC1)C2. The molecule has 0 N–H and O–H groups in total. The van der Waals surface area contributed by atoms with Crippen LogP contribution < -0.4 is 4.74 Å². The van der Waals surface area contributed by atoms with Crippen molar-refractivity contribution in [1.29, 1.82) is 0 Å². The van der Waals surface area contributed by atoms with Gasteiger partial charge in [0.15, 0.2) is 12.4 Å². The number of thiazole rings is 1. The van der Waals surface area contributed by atoms with Crippen molar-refractivity contribution in [3.8, 4) is 5.19 Å². The van der Waals surface area contributed by atoms with Crippen molar-refractivity contribution in [2.45, 2.75) is 70.9 Å². The molecule has 0 aromatic carbocycles. The zero-order valence-corrected chi connectivity index (χ0v) is 20.5. The Hall–Kier alpha value is -1.58. The first-order valence-corrected chi connectivity index (χ1v) is 12.8. The number of alkyl halides is 2. The summed E-state index contributed by atoms with van der Waals surface area (Å²) >= 11 is 7.26. The van der Waals surface area contributed by atoms with Crippen molar-refractivity contribution in [3.63, 3.8) is 0 Å². The van der Waals surface area contributed by atoms with Gasteiger partial charge in [0, 0.05) is 37.5 Å². The Morgan fingerprint density at radius 2 is 2.06 bits per heavy atom. The highest BCUT2D eigenvalue weighted by molar-refractivity contribution is 7.13. The summed E-state index contributed by atoms with van der Waals surface area (Å²) in [6.45, 7) is 3.28. The van der Waals surface area contributed by atoms with Gasteiger partial charge in [-0.15, -0.1) is 0 Å². The highest BCUT2D eigenvalue weighted by atomic mass is 35.5. The van der Waals surface area contributed by atoms with Gasteiger partial charge in [0.25, 0.3) is 11.1 Å². The Balaban J connectivity index is 1.15. The second-order valence-electron chi connectivity index (χ2n) is 9.51. The van der Waals surface area contributed by atoms with Crippen LogP contribution in [-0.2, 0) is 24.3 Å². The van der Waals surface area contributed by atoms with Gasteiger partial charge in [0.2, 0.25) is 0 Å². The van der Waals surface area contributed by atoms with Gasteiger partial charge in [-0.1, -0.05) is 35.8 Å². The molecule has 2 aromatic rings. The molecule has 0 radical (unpaired) electrons. The van der Waals surface area contributed by atoms with Crippen molar-refractivity contribution in [3.05, 3.63) is 28.0 Å². The van der Waals surface area contributed by atoms with Crippen molar-refractivity contribution in [2.75, 3.05) is 19.7 Å². The number of ketones is 1. The van der Waals surface area contributed by atoms with E-state index in [9.17, 15) is 13.6 Å². The minimum absolute atomic E-state index is 0.219. The molecule has 6 nitrogen and oxygen atoms in total. The van der Waals surface area contributed by atoms with Crippen molar-refractivity contribution >= 4 is 28.7 Å². The highest BCUT2D eigenvalue weighted by Crippen LogP contribution is 2.34. The van der Waals surface area contributed by atoms with Crippen LogP contribution in [0.3, 0.4) is 0 Å². The maximum absolute atomic E-state index is 13.0. The smallest absolute Gasteiger partial charge is 0.278 e. The minimum atomic E-state index is -2.85. The van der Waals surface area contributed by atoms with E-state index in [4.69, 9.17) is 16.3 Å². The van der Waals surface area contributed by atoms with E-state index in [1.807, 2.05) is 0 Å². The molecular formula is C23H31ClF2N4O2S. The number of ether oxygens (including phenoxy) is 1. The van der Waals surface area contributed by atoms with Crippen LogP contribution in [0.5, 0.6) is 5.19 Å². The van der Waals surface area contributed by atoms with E-state index in [2.05, 4.69) is 15.0 Å². The monoisotopic (exact) mass is 500 g/mol. The molecule has 1 aliphatic heterocycles. The van der Waals surface area contributed by atoms with E-state index in [0.29, 0.717) is 35.0 Å². The highest BCUT2D eigenvalue weighted by Gasteiger charge is 2.27. The minimum Gasteiger partial charge on any atom is -0.464 e. The van der Waals surface area contributed by atoms with Crippen LogP contribution in [0, 0.1) is 11.8 Å². The van der Waals surface area contributed by atoms with Gasteiger partial charge in [0.05, 0.1) is 23.5 Å². The Morgan fingerprint density at radius 3 is 2.76 bits per heavy atom. The van der Waals surface area contributed by atoms with Gasteiger partial charge in [-0.25, -0.2) is 13.8 Å². The summed E-state index contributed by atoms with van der Waals surface area (Å²) in [6.07, 6.45) is 10.5. The average molecular weight is 501 g/mol. The molecule has 1 saturated carbocycles. The van der Waals surface area contributed by atoms with Gasteiger partial charge in [0.1, 0.15) is 0 Å². The summed E-state index contributed by atoms with van der Waals surface area (Å²) < 4.78 is 32.8. The van der Waals surface area contributed by atoms with Crippen LogP contribution in [0.4, 0.5) is 8.78 Å².